The molecule has 8 heteroatoms. The van der Waals surface area contributed by atoms with Gasteiger partial charge in [0.1, 0.15) is 11.7 Å². The molecule has 3 rings (SSSR count). The van der Waals surface area contributed by atoms with Gasteiger partial charge in [0.05, 0.1) is 20.3 Å². The number of rotatable bonds is 7. The summed E-state index contributed by atoms with van der Waals surface area (Å²) in [4.78, 5) is 46.1. The highest BCUT2D eigenvalue weighted by atomic mass is 16.5. The van der Waals surface area contributed by atoms with Gasteiger partial charge in [0.25, 0.3) is 5.91 Å². The van der Waals surface area contributed by atoms with E-state index in [1.807, 2.05) is 32.9 Å². The normalized spacial score (nSPS) is 18.2. The lowest BCUT2D eigenvalue weighted by molar-refractivity contribution is -0.124. The number of hydrogen-bond donors (Lipinski definition) is 1. The number of ketones is 2. The Balaban J connectivity index is 1.65. The molecule has 31 heavy (non-hydrogen) atoms. The fourth-order valence-electron chi connectivity index (χ4n) is 4.20. The first-order valence-electron chi connectivity index (χ1n) is 10.1. The van der Waals surface area contributed by atoms with Gasteiger partial charge >= 0.3 is 0 Å². The summed E-state index contributed by atoms with van der Waals surface area (Å²) < 4.78 is 10.1. The second kappa shape index (κ2) is 9.24. The third-order valence-corrected chi connectivity index (χ3v) is 5.56. The van der Waals surface area contributed by atoms with Crippen LogP contribution in [0.5, 0.6) is 11.8 Å². The number of amides is 1. The molecule has 1 aliphatic rings. The Morgan fingerprint density at radius 1 is 1.03 bits per heavy atom. The van der Waals surface area contributed by atoms with Gasteiger partial charge < -0.3 is 14.8 Å². The number of nitrogens with one attached hydrogen (secondary N) is 1. The van der Waals surface area contributed by atoms with E-state index >= 15 is 0 Å². The molecule has 1 heterocycles. The van der Waals surface area contributed by atoms with Crippen LogP contribution in [0.4, 0.5) is 0 Å². The summed E-state index contributed by atoms with van der Waals surface area (Å²) in [5.74, 6) is -1.44. The molecular formula is C23H27N3O5. The number of Topliss-reactive ketones (excluding diaryl/α,β-unsaturated/α-hetero) is 2. The van der Waals surface area contributed by atoms with Crippen LogP contribution in [0.15, 0.2) is 18.2 Å². The van der Waals surface area contributed by atoms with E-state index in [-0.39, 0.29) is 42.1 Å². The van der Waals surface area contributed by atoms with E-state index in [4.69, 9.17) is 9.47 Å². The summed E-state index contributed by atoms with van der Waals surface area (Å²) in [5, 5.41) is 2.71. The molecule has 2 aromatic rings. The first-order valence-corrected chi connectivity index (χ1v) is 10.1. The predicted molar refractivity (Wildman–Crippen MR) is 114 cm³/mol. The molecule has 2 unspecified atom stereocenters. The van der Waals surface area contributed by atoms with E-state index in [1.165, 1.54) is 20.3 Å². The highest BCUT2D eigenvalue weighted by Gasteiger charge is 2.42. The minimum atomic E-state index is -0.715. The van der Waals surface area contributed by atoms with Crippen molar-refractivity contribution < 1.29 is 23.9 Å². The average Bonchev–Trinajstić information content (AvgIpc) is 3.00. The number of carbonyl (C=O) groups is 3. The SMILES string of the molecule is COc1cc(OC)nc(C(=O)NCCC2CC(=O)C(c3c(C)cc(C)cc3C)C2=O)n1. The van der Waals surface area contributed by atoms with Crippen LogP contribution in [-0.2, 0) is 9.59 Å². The van der Waals surface area contributed by atoms with Crippen LogP contribution in [0.25, 0.3) is 0 Å². The zero-order chi connectivity index (χ0) is 22.7. The summed E-state index contributed by atoms with van der Waals surface area (Å²) in [6.07, 6.45) is 0.563. The zero-order valence-corrected chi connectivity index (χ0v) is 18.4. The molecular weight excluding hydrogens is 398 g/mol. The molecule has 0 saturated heterocycles. The van der Waals surface area contributed by atoms with Gasteiger partial charge in [0, 0.05) is 18.9 Å². The summed E-state index contributed by atoms with van der Waals surface area (Å²) in [7, 11) is 2.86. The van der Waals surface area contributed by atoms with Crippen LogP contribution in [0.3, 0.4) is 0 Å². The monoisotopic (exact) mass is 425 g/mol. The van der Waals surface area contributed by atoms with E-state index in [2.05, 4.69) is 15.3 Å². The lowest BCUT2D eigenvalue weighted by Gasteiger charge is -2.16. The van der Waals surface area contributed by atoms with Crippen LogP contribution < -0.4 is 14.8 Å². The first kappa shape index (κ1) is 22.4. The maximum Gasteiger partial charge on any atom is 0.289 e. The second-order valence-electron chi connectivity index (χ2n) is 7.84. The molecule has 1 aliphatic carbocycles. The summed E-state index contributed by atoms with van der Waals surface area (Å²) in [6, 6.07) is 5.46. The summed E-state index contributed by atoms with van der Waals surface area (Å²) >= 11 is 0. The molecule has 0 radical (unpaired) electrons. The number of hydrogen-bond acceptors (Lipinski definition) is 7. The van der Waals surface area contributed by atoms with Crippen molar-refractivity contribution in [3.63, 3.8) is 0 Å². The Bertz CT molecular complexity index is 989. The topological polar surface area (TPSA) is 107 Å². The Hall–Kier alpha value is -3.29. The van der Waals surface area contributed by atoms with Crippen LogP contribution in [0, 0.1) is 26.7 Å². The lowest BCUT2D eigenvalue weighted by Crippen LogP contribution is -2.29. The minimum Gasteiger partial charge on any atom is -0.481 e. The maximum atomic E-state index is 13.0. The largest absolute Gasteiger partial charge is 0.481 e. The van der Waals surface area contributed by atoms with Crippen LogP contribution >= 0.6 is 0 Å². The van der Waals surface area contributed by atoms with Crippen LogP contribution in [0.2, 0.25) is 0 Å². The van der Waals surface area contributed by atoms with E-state index in [9.17, 15) is 14.4 Å². The van der Waals surface area contributed by atoms with Gasteiger partial charge in [-0.25, -0.2) is 0 Å². The summed E-state index contributed by atoms with van der Waals surface area (Å²) in [6.45, 7) is 6.09. The lowest BCUT2D eigenvalue weighted by atomic mass is 9.86. The molecule has 164 valence electrons. The number of nitrogens with zero attached hydrogens (tertiary/aromatic N) is 2. The van der Waals surface area contributed by atoms with Crippen molar-refractivity contribution in [2.45, 2.75) is 39.5 Å². The number of carbonyl (C=O) groups excluding carboxylic acids is 3. The minimum absolute atomic E-state index is 0.0581. The Labute approximate surface area is 181 Å². The maximum absolute atomic E-state index is 13.0. The highest BCUT2D eigenvalue weighted by Crippen LogP contribution is 2.37. The second-order valence-corrected chi connectivity index (χ2v) is 7.84. The zero-order valence-electron chi connectivity index (χ0n) is 18.4. The number of benzene rings is 1. The highest BCUT2D eigenvalue weighted by molar-refractivity contribution is 6.15. The van der Waals surface area contributed by atoms with Gasteiger partial charge in [-0.05, 0) is 43.9 Å². The quantitative estimate of drug-likeness (QED) is 0.679. The molecule has 1 aromatic heterocycles. The smallest absolute Gasteiger partial charge is 0.289 e. The predicted octanol–water partition coefficient (Wildman–Crippen LogP) is 2.48. The number of ether oxygens (including phenoxy) is 2. The van der Waals surface area contributed by atoms with Crippen molar-refractivity contribution >= 4 is 17.5 Å². The Morgan fingerprint density at radius 2 is 1.61 bits per heavy atom. The van der Waals surface area contributed by atoms with Crippen LogP contribution in [0.1, 0.15) is 51.6 Å². The first-order chi connectivity index (χ1) is 14.7. The van der Waals surface area contributed by atoms with E-state index < -0.39 is 17.7 Å². The van der Waals surface area contributed by atoms with Crippen molar-refractivity contribution in [2.75, 3.05) is 20.8 Å². The van der Waals surface area contributed by atoms with Gasteiger partial charge in [-0.2, -0.15) is 9.97 Å². The molecule has 1 N–H and O–H groups in total. The molecule has 2 atom stereocenters. The van der Waals surface area contributed by atoms with Gasteiger partial charge in [0.15, 0.2) is 5.78 Å². The molecule has 0 spiro atoms. The molecule has 0 aliphatic heterocycles. The summed E-state index contributed by atoms with van der Waals surface area (Å²) in [5.41, 5.74) is 3.85. The van der Waals surface area contributed by atoms with E-state index in [1.54, 1.807) is 0 Å². The fraction of sp³-hybridized carbons (Fsp3) is 0.435. The van der Waals surface area contributed by atoms with Gasteiger partial charge in [-0.3, -0.25) is 14.4 Å². The molecule has 1 fully saturated rings. The van der Waals surface area contributed by atoms with Gasteiger partial charge in [-0.1, -0.05) is 17.7 Å². The van der Waals surface area contributed by atoms with Crippen molar-refractivity contribution in [1.82, 2.24) is 15.3 Å². The van der Waals surface area contributed by atoms with Crippen molar-refractivity contribution in [1.29, 1.82) is 0 Å². The molecule has 8 nitrogen and oxygen atoms in total. The van der Waals surface area contributed by atoms with Gasteiger partial charge in [-0.15, -0.1) is 0 Å². The van der Waals surface area contributed by atoms with Crippen molar-refractivity contribution in [3.05, 3.63) is 46.3 Å². The third-order valence-electron chi connectivity index (χ3n) is 5.56. The molecule has 1 saturated carbocycles. The molecule has 1 amide bonds. The fourth-order valence-corrected chi connectivity index (χ4v) is 4.20. The van der Waals surface area contributed by atoms with Crippen molar-refractivity contribution in [3.8, 4) is 11.8 Å². The van der Waals surface area contributed by atoms with E-state index in [0.29, 0.717) is 6.42 Å². The van der Waals surface area contributed by atoms with Crippen molar-refractivity contribution in [2.24, 2.45) is 5.92 Å². The third kappa shape index (κ3) is 4.73. The van der Waals surface area contributed by atoms with Crippen LogP contribution in [-0.4, -0.2) is 48.2 Å². The molecule has 1 aromatic carbocycles. The Morgan fingerprint density at radius 3 is 2.16 bits per heavy atom. The standard InChI is InChI=1S/C23H27N3O5/c1-12-8-13(2)19(14(3)9-12)20-16(27)10-15(21(20)28)6-7-24-23(29)22-25-17(30-4)11-18(26-22)31-5/h8-9,11,15,20H,6-7,10H2,1-5H3,(H,24,29). The van der Waals surface area contributed by atoms with Gasteiger partial charge in [0.2, 0.25) is 17.6 Å². The number of aromatic nitrogens is 2. The Kier molecular flexibility index (Phi) is 6.68. The number of methoxy groups -OCH3 is 2. The average molecular weight is 425 g/mol. The molecule has 0 bridgehead atoms. The van der Waals surface area contributed by atoms with E-state index in [0.717, 1.165) is 22.3 Å². The number of aryl methyl sites for hydroxylation is 3.